The number of rotatable bonds is 6. The number of amides is 1. The van der Waals surface area contributed by atoms with Crippen molar-refractivity contribution in [3.05, 3.63) is 65.4 Å². The highest BCUT2D eigenvalue weighted by atomic mass is 32.2. The summed E-state index contributed by atoms with van der Waals surface area (Å²) in [6.45, 7) is 3.51. The minimum absolute atomic E-state index is 0.107. The zero-order valence-electron chi connectivity index (χ0n) is 15.2. The van der Waals surface area contributed by atoms with Gasteiger partial charge < -0.3 is 9.73 Å². The number of carbonyl (C=O) groups is 1. The third kappa shape index (κ3) is 3.87. The lowest BCUT2D eigenvalue weighted by Crippen LogP contribution is -2.25. The van der Waals surface area contributed by atoms with Crippen LogP contribution in [0.25, 0.3) is 0 Å². The van der Waals surface area contributed by atoms with Gasteiger partial charge in [-0.1, -0.05) is 12.1 Å². The van der Waals surface area contributed by atoms with Gasteiger partial charge in [-0.05, 0) is 38.1 Å². The van der Waals surface area contributed by atoms with Crippen LogP contribution < -0.4 is 10.0 Å². The minimum atomic E-state index is -3.90. The van der Waals surface area contributed by atoms with Crippen molar-refractivity contribution in [3.63, 3.8) is 0 Å². The monoisotopic (exact) mass is 388 g/mol. The fourth-order valence-corrected chi connectivity index (χ4v) is 4.31. The van der Waals surface area contributed by atoms with Crippen molar-refractivity contribution in [2.24, 2.45) is 7.05 Å². The molecule has 0 saturated carbocycles. The third-order valence-corrected chi connectivity index (χ3v) is 5.75. The molecule has 2 heterocycles. The fourth-order valence-electron chi connectivity index (χ4n) is 2.78. The largest absolute Gasteiger partial charge is 0.467 e. The summed E-state index contributed by atoms with van der Waals surface area (Å²) in [4.78, 5) is 12.6. The summed E-state index contributed by atoms with van der Waals surface area (Å²) in [6, 6.07) is 9.88. The van der Waals surface area contributed by atoms with E-state index < -0.39 is 15.9 Å². The summed E-state index contributed by atoms with van der Waals surface area (Å²) in [6.07, 6.45) is 1.52. The average Bonchev–Trinajstić information content (AvgIpc) is 3.21. The van der Waals surface area contributed by atoms with E-state index >= 15 is 0 Å². The van der Waals surface area contributed by atoms with E-state index in [2.05, 4.69) is 15.1 Å². The molecule has 9 heteroatoms. The van der Waals surface area contributed by atoms with Crippen LogP contribution in [0.3, 0.4) is 0 Å². The van der Waals surface area contributed by atoms with Crippen LogP contribution in [0.4, 0.5) is 5.69 Å². The highest BCUT2D eigenvalue weighted by molar-refractivity contribution is 7.92. The van der Waals surface area contributed by atoms with Crippen molar-refractivity contribution >= 4 is 21.6 Å². The minimum Gasteiger partial charge on any atom is -0.467 e. The highest BCUT2D eigenvalue weighted by Crippen LogP contribution is 2.24. The van der Waals surface area contributed by atoms with E-state index in [1.54, 1.807) is 57.3 Å². The van der Waals surface area contributed by atoms with Crippen LogP contribution in [-0.4, -0.2) is 24.1 Å². The first-order valence-electron chi connectivity index (χ1n) is 8.22. The summed E-state index contributed by atoms with van der Waals surface area (Å²) in [7, 11) is -2.22. The van der Waals surface area contributed by atoms with Crippen LogP contribution in [0.5, 0.6) is 0 Å². The van der Waals surface area contributed by atoms with Gasteiger partial charge in [0.2, 0.25) is 0 Å². The van der Waals surface area contributed by atoms with Gasteiger partial charge in [-0.2, -0.15) is 5.10 Å². The molecule has 0 aliphatic rings. The number of aromatic nitrogens is 2. The standard InChI is InChI=1S/C18H20N4O4S/c1-12-17(13(2)22(3)20-12)27(24,25)21-16-9-5-4-8-15(16)18(23)19-11-14-7-6-10-26-14/h4-10,21H,11H2,1-3H3,(H,19,23). The van der Waals surface area contributed by atoms with Crippen LogP contribution >= 0.6 is 0 Å². The van der Waals surface area contributed by atoms with Crippen molar-refractivity contribution in [3.8, 4) is 0 Å². The molecular weight excluding hydrogens is 368 g/mol. The van der Waals surface area contributed by atoms with E-state index in [1.165, 1.54) is 10.9 Å². The molecule has 0 aliphatic carbocycles. The number of furan rings is 1. The van der Waals surface area contributed by atoms with Gasteiger partial charge in [0.1, 0.15) is 10.7 Å². The number of benzene rings is 1. The van der Waals surface area contributed by atoms with Gasteiger partial charge >= 0.3 is 0 Å². The Hall–Kier alpha value is -3.07. The van der Waals surface area contributed by atoms with Gasteiger partial charge in [0.25, 0.3) is 15.9 Å². The second-order valence-electron chi connectivity index (χ2n) is 6.04. The SMILES string of the molecule is Cc1nn(C)c(C)c1S(=O)(=O)Nc1ccccc1C(=O)NCc1ccco1. The second-order valence-corrected chi connectivity index (χ2v) is 7.66. The molecule has 27 heavy (non-hydrogen) atoms. The number of nitrogens with one attached hydrogen (secondary N) is 2. The summed E-state index contributed by atoms with van der Waals surface area (Å²) in [5.74, 6) is 0.187. The van der Waals surface area contributed by atoms with Gasteiger partial charge in [0, 0.05) is 7.05 Å². The lowest BCUT2D eigenvalue weighted by molar-refractivity contribution is 0.0949. The maximum Gasteiger partial charge on any atom is 0.265 e. The normalized spacial score (nSPS) is 11.4. The molecule has 2 aromatic heterocycles. The number of anilines is 1. The summed E-state index contributed by atoms with van der Waals surface area (Å²) in [5.41, 5.74) is 1.31. The molecule has 0 bridgehead atoms. The Labute approximate surface area is 157 Å². The first-order valence-corrected chi connectivity index (χ1v) is 9.70. The molecule has 8 nitrogen and oxygen atoms in total. The first-order chi connectivity index (χ1) is 12.8. The van der Waals surface area contributed by atoms with Crippen LogP contribution in [0, 0.1) is 13.8 Å². The van der Waals surface area contributed by atoms with E-state index in [1.807, 2.05) is 0 Å². The molecule has 0 aliphatic heterocycles. The van der Waals surface area contributed by atoms with Gasteiger partial charge in [-0.25, -0.2) is 8.42 Å². The molecule has 1 aromatic carbocycles. The zero-order valence-corrected chi connectivity index (χ0v) is 16.0. The Kier molecular flexibility index (Phi) is 5.04. The van der Waals surface area contributed by atoms with Crippen molar-refractivity contribution in [2.45, 2.75) is 25.3 Å². The topological polar surface area (TPSA) is 106 Å². The Bertz CT molecular complexity index is 1070. The molecule has 0 spiro atoms. The van der Waals surface area contributed by atoms with E-state index in [9.17, 15) is 13.2 Å². The molecule has 0 atom stereocenters. The molecular formula is C18H20N4O4S. The molecule has 3 rings (SSSR count). The van der Waals surface area contributed by atoms with Gasteiger partial charge in [-0.3, -0.25) is 14.2 Å². The quantitative estimate of drug-likeness (QED) is 0.674. The average molecular weight is 388 g/mol. The zero-order chi connectivity index (χ0) is 19.6. The van der Waals surface area contributed by atoms with Crippen LogP contribution in [-0.2, 0) is 23.6 Å². The molecule has 0 fully saturated rings. The Morgan fingerprint density at radius 1 is 1.19 bits per heavy atom. The van der Waals surface area contributed by atoms with E-state index in [-0.39, 0.29) is 22.7 Å². The van der Waals surface area contributed by atoms with Crippen molar-refractivity contribution < 1.29 is 17.6 Å². The lowest BCUT2D eigenvalue weighted by Gasteiger charge is -2.13. The molecule has 0 unspecified atom stereocenters. The number of aryl methyl sites for hydroxylation is 2. The van der Waals surface area contributed by atoms with E-state index in [0.717, 1.165) is 0 Å². The molecule has 142 valence electrons. The number of carbonyl (C=O) groups excluding carboxylic acids is 1. The third-order valence-electron chi connectivity index (χ3n) is 4.13. The van der Waals surface area contributed by atoms with Crippen molar-refractivity contribution in [2.75, 3.05) is 4.72 Å². The maximum atomic E-state index is 12.9. The van der Waals surface area contributed by atoms with Gasteiger partial charge in [0.05, 0.1) is 35.4 Å². The van der Waals surface area contributed by atoms with Crippen molar-refractivity contribution in [1.82, 2.24) is 15.1 Å². The van der Waals surface area contributed by atoms with Gasteiger partial charge in [0.15, 0.2) is 0 Å². The van der Waals surface area contributed by atoms with Crippen LogP contribution in [0.2, 0.25) is 0 Å². The number of nitrogens with zero attached hydrogens (tertiary/aromatic N) is 2. The summed E-state index contributed by atoms with van der Waals surface area (Å²) >= 11 is 0. The number of sulfonamides is 1. The highest BCUT2D eigenvalue weighted by Gasteiger charge is 2.25. The Balaban J connectivity index is 1.86. The number of hydrogen-bond donors (Lipinski definition) is 2. The van der Waals surface area contributed by atoms with E-state index in [4.69, 9.17) is 4.42 Å². The maximum absolute atomic E-state index is 12.9. The molecule has 0 saturated heterocycles. The number of hydrogen-bond acceptors (Lipinski definition) is 5. The van der Waals surface area contributed by atoms with Crippen LogP contribution in [0.15, 0.2) is 52.0 Å². The Morgan fingerprint density at radius 2 is 1.93 bits per heavy atom. The van der Waals surface area contributed by atoms with Gasteiger partial charge in [-0.15, -0.1) is 0 Å². The lowest BCUT2D eigenvalue weighted by atomic mass is 10.1. The number of para-hydroxylation sites is 1. The summed E-state index contributed by atoms with van der Waals surface area (Å²) in [5, 5.41) is 6.85. The molecule has 3 aromatic rings. The predicted octanol–water partition coefficient (Wildman–Crippen LogP) is 2.36. The molecule has 0 radical (unpaired) electrons. The molecule has 2 N–H and O–H groups in total. The van der Waals surface area contributed by atoms with Crippen LogP contribution in [0.1, 0.15) is 27.5 Å². The predicted molar refractivity (Wildman–Crippen MR) is 99.8 cm³/mol. The fraction of sp³-hybridized carbons (Fsp3) is 0.222. The van der Waals surface area contributed by atoms with E-state index in [0.29, 0.717) is 17.1 Å². The van der Waals surface area contributed by atoms with Crippen molar-refractivity contribution in [1.29, 1.82) is 0 Å². The molecule has 1 amide bonds. The smallest absolute Gasteiger partial charge is 0.265 e. The summed E-state index contributed by atoms with van der Waals surface area (Å²) < 4.78 is 34.9. The Morgan fingerprint density at radius 3 is 2.56 bits per heavy atom. The first kappa shape index (κ1) is 18.7. The second kappa shape index (κ2) is 7.28.